The number of aromatic nitrogens is 4. The van der Waals surface area contributed by atoms with Crippen LogP contribution in [0.3, 0.4) is 0 Å². The van der Waals surface area contributed by atoms with Gasteiger partial charge in [-0.15, -0.1) is 10.2 Å². The van der Waals surface area contributed by atoms with E-state index in [9.17, 15) is 0 Å². The minimum Gasteiger partial charge on any atom is -0.381 e. The van der Waals surface area contributed by atoms with Crippen LogP contribution >= 0.6 is 11.3 Å². The molecule has 0 radical (unpaired) electrons. The van der Waals surface area contributed by atoms with Crippen molar-refractivity contribution in [1.82, 2.24) is 25.1 Å². The molecule has 3 heterocycles. The average Bonchev–Trinajstić information content (AvgIpc) is 3.03. The molecule has 2 aromatic rings. The number of aryl methyl sites for hydroxylation is 1. The van der Waals surface area contributed by atoms with Gasteiger partial charge in [-0.25, -0.2) is 0 Å². The highest BCUT2D eigenvalue weighted by molar-refractivity contribution is 7.16. The van der Waals surface area contributed by atoms with Crippen LogP contribution in [0.4, 0.5) is 0 Å². The van der Waals surface area contributed by atoms with Gasteiger partial charge in [0.1, 0.15) is 5.01 Å². The van der Waals surface area contributed by atoms with Crippen LogP contribution in [0.5, 0.6) is 0 Å². The Morgan fingerprint density at radius 3 is 3.22 bits per heavy atom. The summed E-state index contributed by atoms with van der Waals surface area (Å²) in [6.45, 7) is 2.58. The van der Waals surface area contributed by atoms with Crippen LogP contribution < -0.4 is 5.32 Å². The van der Waals surface area contributed by atoms with Gasteiger partial charge in [-0.1, -0.05) is 11.3 Å². The van der Waals surface area contributed by atoms with Gasteiger partial charge in [-0.3, -0.25) is 0 Å². The van der Waals surface area contributed by atoms with Crippen molar-refractivity contribution in [2.24, 2.45) is 0 Å². The molecule has 7 heteroatoms. The Hall–Kier alpha value is -1.05. The molecule has 1 unspecified atom stereocenters. The van der Waals surface area contributed by atoms with Crippen LogP contribution in [0, 0.1) is 0 Å². The fraction of sp³-hybridized carbons (Fsp3) is 0.727. The molecule has 0 saturated carbocycles. The number of hydrogen-bond acceptors (Lipinski definition) is 6. The smallest absolute Gasteiger partial charge is 0.234 e. The van der Waals surface area contributed by atoms with Crippen molar-refractivity contribution >= 4 is 16.3 Å². The maximum atomic E-state index is 5.40. The normalized spacial score (nSPS) is 19.9. The van der Waals surface area contributed by atoms with E-state index in [4.69, 9.17) is 4.74 Å². The second-order valence-corrected chi connectivity index (χ2v) is 5.56. The Morgan fingerprint density at radius 2 is 2.44 bits per heavy atom. The highest BCUT2D eigenvalue weighted by Crippen LogP contribution is 2.25. The van der Waals surface area contributed by atoms with Crippen molar-refractivity contribution in [3.05, 3.63) is 10.8 Å². The van der Waals surface area contributed by atoms with Gasteiger partial charge in [-0.05, 0) is 26.4 Å². The summed E-state index contributed by atoms with van der Waals surface area (Å²) in [6, 6.07) is 0. The van der Waals surface area contributed by atoms with Crippen molar-refractivity contribution in [1.29, 1.82) is 0 Å². The predicted molar refractivity (Wildman–Crippen MR) is 69.1 cm³/mol. The quantitative estimate of drug-likeness (QED) is 0.813. The summed E-state index contributed by atoms with van der Waals surface area (Å²) in [5.74, 6) is 1.31. The SMILES string of the molecule is CNCCCc1nn2c(C3CCOC3)nnc2s1. The molecular formula is C11H17N5OS. The maximum Gasteiger partial charge on any atom is 0.234 e. The van der Waals surface area contributed by atoms with Gasteiger partial charge < -0.3 is 10.1 Å². The Morgan fingerprint density at radius 1 is 1.50 bits per heavy atom. The van der Waals surface area contributed by atoms with Crippen molar-refractivity contribution in [3.63, 3.8) is 0 Å². The monoisotopic (exact) mass is 267 g/mol. The predicted octanol–water partition coefficient (Wildman–Crippen LogP) is 0.842. The largest absolute Gasteiger partial charge is 0.381 e. The summed E-state index contributed by atoms with van der Waals surface area (Å²) < 4.78 is 7.30. The summed E-state index contributed by atoms with van der Waals surface area (Å²) >= 11 is 1.64. The lowest BCUT2D eigenvalue weighted by atomic mass is 10.1. The van der Waals surface area contributed by atoms with E-state index in [-0.39, 0.29) is 0 Å². The standard InChI is InChI=1S/C11H17N5OS/c1-12-5-2-3-9-15-16-10(8-4-6-17-7-8)13-14-11(16)18-9/h8,12H,2-7H2,1H3. The van der Waals surface area contributed by atoms with E-state index in [1.807, 2.05) is 11.6 Å². The highest BCUT2D eigenvalue weighted by Gasteiger charge is 2.24. The molecule has 1 fully saturated rings. The Bertz CT molecular complexity index is 516. The molecular weight excluding hydrogens is 250 g/mol. The molecule has 0 spiro atoms. The van der Waals surface area contributed by atoms with Crippen molar-refractivity contribution in [3.8, 4) is 0 Å². The maximum absolute atomic E-state index is 5.40. The second-order valence-electron chi connectivity index (χ2n) is 4.52. The first kappa shape index (κ1) is 12.0. The molecule has 0 aromatic carbocycles. The topological polar surface area (TPSA) is 64.3 Å². The van der Waals surface area contributed by atoms with E-state index in [1.54, 1.807) is 11.3 Å². The third-order valence-electron chi connectivity index (χ3n) is 3.17. The summed E-state index contributed by atoms with van der Waals surface area (Å²) in [4.78, 5) is 0.899. The first-order valence-electron chi connectivity index (χ1n) is 6.32. The number of fused-ring (bicyclic) bond motifs is 1. The van der Waals surface area contributed by atoms with Gasteiger partial charge in [0.2, 0.25) is 4.96 Å². The molecule has 1 aliphatic rings. The second kappa shape index (κ2) is 5.29. The van der Waals surface area contributed by atoms with Crippen molar-refractivity contribution < 1.29 is 4.74 Å². The van der Waals surface area contributed by atoms with E-state index in [0.29, 0.717) is 5.92 Å². The van der Waals surface area contributed by atoms with Gasteiger partial charge >= 0.3 is 0 Å². The molecule has 98 valence electrons. The van der Waals surface area contributed by atoms with Crippen LogP contribution in [0.15, 0.2) is 0 Å². The van der Waals surface area contributed by atoms with Gasteiger partial charge in [0.25, 0.3) is 0 Å². The zero-order valence-electron chi connectivity index (χ0n) is 10.4. The number of ether oxygens (including phenoxy) is 1. The van der Waals surface area contributed by atoms with Gasteiger partial charge in [-0.2, -0.15) is 9.61 Å². The Balaban J connectivity index is 1.79. The molecule has 1 N–H and O–H groups in total. The minimum atomic E-state index is 0.354. The molecule has 2 aromatic heterocycles. The summed E-state index contributed by atoms with van der Waals surface area (Å²) in [6.07, 6.45) is 3.12. The number of nitrogens with zero attached hydrogens (tertiary/aromatic N) is 4. The zero-order chi connectivity index (χ0) is 12.4. The third kappa shape index (κ3) is 2.25. The lowest BCUT2D eigenvalue weighted by Crippen LogP contribution is -2.08. The Labute approximate surface area is 109 Å². The minimum absolute atomic E-state index is 0.354. The van der Waals surface area contributed by atoms with Crippen LogP contribution in [-0.4, -0.2) is 46.6 Å². The van der Waals surface area contributed by atoms with E-state index < -0.39 is 0 Å². The fourth-order valence-electron chi connectivity index (χ4n) is 2.18. The van der Waals surface area contributed by atoms with Crippen LogP contribution in [0.2, 0.25) is 0 Å². The summed E-state index contributed by atoms with van der Waals surface area (Å²) in [5, 5.41) is 17.4. The first-order valence-corrected chi connectivity index (χ1v) is 7.13. The molecule has 0 amide bonds. The van der Waals surface area contributed by atoms with Crippen molar-refractivity contribution in [2.45, 2.75) is 25.2 Å². The molecule has 6 nitrogen and oxygen atoms in total. The molecule has 3 rings (SSSR count). The highest BCUT2D eigenvalue weighted by atomic mass is 32.1. The molecule has 0 bridgehead atoms. The molecule has 0 aliphatic carbocycles. The van der Waals surface area contributed by atoms with Crippen LogP contribution in [0.1, 0.15) is 29.6 Å². The summed E-state index contributed by atoms with van der Waals surface area (Å²) in [7, 11) is 1.97. The molecule has 1 aliphatic heterocycles. The van der Waals surface area contributed by atoms with E-state index in [1.165, 1.54) is 0 Å². The fourth-order valence-corrected chi connectivity index (χ4v) is 3.06. The number of hydrogen-bond donors (Lipinski definition) is 1. The van der Waals surface area contributed by atoms with E-state index in [0.717, 1.165) is 54.8 Å². The summed E-state index contributed by atoms with van der Waals surface area (Å²) in [5.41, 5.74) is 0. The average molecular weight is 267 g/mol. The van der Waals surface area contributed by atoms with Gasteiger partial charge in [0.05, 0.1) is 6.61 Å². The van der Waals surface area contributed by atoms with Gasteiger partial charge in [0.15, 0.2) is 5.82 Å². The third-order valence-corrected chi connectivity index (χ3v) is 4.13. The van der Waals surface area contributed by atoms with E-state index >= 15 is 0 Å². The molecule has 1 saturated heterocycles. The van der Waals surface area contributed by atoms with E-state index in [2.05, 4.69) is 20.6 Å². The molecule has 1 atom stereocenters. The van der Waals surface area contributed by atoms with Gasteiger partial charge in [0, 0.05) is 18.9 Å². The number of rotatable bonds is 5. The lowest BCUT2D eigenvalue weighted by Gasteiger charge is -2.01. The van der Waals surface area contributed by atoms with Crippen LogP contribution in [0.25, 0.3) is 4.96 Å². The molecule has 18 heavy (non-hydrogen) atoms. The number of nitrogens with one attached hydrogen (secondary N) is 1. The van der Waals surface area contributed by atoms with Crippen molar-refractivity contribution in [2.75, 3.05) is 26.8 Å². The zero-order valence-corrected chi connectivity index (χ0v) is 11.2. The first-order chi connectivity index (χ1) is 8.88. The Kier molecular flexibility index (Phi) is 3.53. The van der Waals surface area contributed by atoms with Crippen LogP contribution in [-0.2, 0) is 11.2 Å². The lowest BCUT2D eigenvalue weighted by molar-refractivity contribution is 0.193.